The lowest BCUT2D eigenvalue weighted by Gasteiger charge is -2.23. The van der Waals surface area contributed by atoms with Crippen molar-refractivity contribution in [3.63, 3.8) is 0 Å². The highest BCUT2D eigenvalue weighted by Crippen LogP contribution is 2.20. The average molecular weight is 423 g/mol. The summed E-state index contributed by atoms with van der Waals surface area (Å²) in [4.78, 5) is 18.8. The van der Waals surface area contributed by atoms with Crippen molar-refractivity contribution in [2.45, 2.75) is 33.1 Å². The SMILES string of the molecule is CCOc1ccc(-c2noc(CCC(=O)NCCCN(CC)c3ccccc3)n2)cc1. The van der Waals surface area contributed by atoms with Gasteiger partial charge in [0.15, 0.2) is 0 Å². The van der Waals surface area contributed by atoms with Gasteiger partial charge in [-0.2, -0.15) is 4.98 Å². The lowest BCUT2D eigenvalue weighted by Crippen LogP contribution is -2.30. The molecule has 7 nitrogen and oxygen atoms in total. The summed E-state index contributed by atoms with van der Waals surface area (Å²) in [6.45, 7) is 7.18. The first kappa shape index (κ1) is 22.3. The van der Waals surface area contributed by atoms with E-state index in [1.165, 1.54) is 5.69 Å². The zero-order valence-electron chi connectivity index (χ0n) is 18.2. The molecule has 0 aliphatic rings. The predicted molar refractivity (Wildman–Crippen MR) is 121 cm³/mol. The number of rotatable bonds is 12. The van der Waals surface area contributed by atoms with E-state index >= 15 is 0 Å². The van der Waals surface area contributed by atoms with Gasteiger partial charge in [-0.15, -0.1) is 0 Å². The molecule has 1 amide bonds. The molecule has 0 bridgehead atoms. The first-order valence-corrected chi connectivity index (χ1v) is 10.8. The van der Waals surface area contributed by atoms with E-state index in [9.17, 15) is 4.79 Å². The van der Waals surface area contributed by atoms with Crippen LogP contribution in [0, 0.1) is 0 Å². The number of benzene rings is 2. The lowest BCUT2D eigenvalue weighted by atomic mass is 10.2. The average Bonchev–Trinajstić information content (AvgIpc) is 3.28. The van der Waals surface area contributed by atoms with Crippen LogP contribution in [0.4, 0.5) is 5.69 Å². The maximum Gasteiger partial charge on any atom is 0.227 e. The molecule has 3 aromatic rings. The van der Waals surface area contributed by atoms with E-state index in [2.05, 4.69) is 39.4 Å². The van der Waals surface area contributed by atoms with Crippen molar-refractivity contribution in [3.8, 4) is 17.1 Å². The third-order valence-electron chi connectivity index (χ3n) is 4.89. The number of nitrogens with zero attached hydrogens (tertiary/aromatic N) is 3. The zero-order valence-corrected chi connectivity index (χ0v) is 18.2. The second-order valence-corrected chi connectivity index (χ2v) is 7.09. The van der Waals surface area contributed by atoms with Crippen LogP contribution in [0.3, 0.4) is 0 Å². The molecule has 164 valence electrons. The number of carbonyl (C=O) groups excluding carboxylic acids is 1. The highest BCUT2D eigenvalue weighted by molar-refractivity contribution is 5.76. The number of anilines is 1. The van der Waals surface area contributed by atoms with Gasteiger partial charge in [0.1, 0.15) is 5.75 Å². The quantitative estimate of drug-likeness (QED) is 0.443. The van der Waals surface area contributed by atoms with Gasteiger partial charge in [-0.05, 0) is 56.7 Å². The Balaban J connectivity index is 1.38. The highest BCUT2D eigenvalue weighted by Gasteiger charge is 2.11. The summed E-state index contributed by atoms with van der Waals surface area (Å²) in [6.07, 6.45) is 1.62. The Kier molecular flexibility index (Phi) is 8.46. The van der Waals surface area contributed by atoms with Gasteiger partial charge in [-0.3, -0.25) is 4.79 Å². The molecule has 0 saturated carbocycles. The van der Waals surface area contributed by atoms with Crippen molar-refractivity contribution in [1.82, 2.24) is 15.5 Å². The third-order valence-corrected chi connectivity index (χ3v) is 4.89. The number of hydrogen-bond donors (Lipinski definition) is 1. The summed E-state index contributed by atoms with van der Waals surface area (Å²) in [5, 5.41) is 6.98. The highest BCUT2D eigenvalue weighted by atomic mass is 16.5. The summed E-state index contributed by atoms with van der Waals surface area (Å²) < 4.78 is 10.7. The second kappa shape index (κ2) is 11.7. The molecule has 0 unspecified atom stereocenters. The Labute approximate surface area is 183 Å². The molecule has 1 aromatic heterocycles. The molecule has 0 fully saturated rings. The van der Waals surface area contributed by atoms with Crippen molar-refractivity contribution in [2.24, 2.45) is 0 Å². The van der Waals surface area contributed by atoms with Crippen LogP contribution in [-0.4, -0.2) is 42.3 Å². The molecular formula is C24H30N4O3. The Morgan fingerprint density at radius 2 is 1.87 bits per heavy atom. The van der Waals surface area contributed by atoms with Crippen molar-refractivity contribution in [1.29, 1.82) is 0 Å². The van der Waals surface area contributed by atoms with Crippen molar-refractivity contribution >= 4 is 11.6 Å². The van der Waals surface area contributed by atoms with E-state index in [4.69, 9.17) is 9.26 Å². The maximum absolute atomic E-state index is 12.1. The monoisotopic (exact) mass is 422 g/mol. The maximum atomic E-state index is 12.1. The zero-order chi connectivity index (χ0) is 21.9. The number of hydrogen-bond acceptors (Lipinski definition) is 6. The van der Waals surface area contributed by atoms with E-state index in [1.807, 2.05) is 49.4 Å². The van der Waals surface area contributed by atoms with Crippen LogP contribution in [0.15, 0.2) is 59.1 Å². The largest absolute Gasteiger partial charge is 0.494 e. The molecule has 3 rings (SSSR count). The summed E-state index contributed by atoms with van der Waals surface area (Å²) in [5.74, 6) is 1.76. The molecule has 31 heavy (non-hydrogen) atoms. The van der Waals surface area contributed by atoms with Gasteiger partial charge in [-0.1, -0.05) is 23.4 Å². The van der Waals surface area contributed by atoms with E-state index < -0.39 is 0 Å². The number of para-hydroxylation sites is 1. The topological polar surface area (TPSA) is 80.5 Å². The van der Waals surface area contributed by atoms with Crippen LogP contribution in [0.5, 0.6) is 5.75 Å². The van der Waals surface area contributed by atoms with Crippen molar-refractivity contribution in [2.75, 3.05) is 31.1 Å². The van der Waals surface area contributed by atoms with Gasteiger partial charge >= 0.3 is 0 Å². The molecule has 0 aliphatic heterocycles. The molecule has 0 aliphatic carbocycles. The minimum atomic E-state index is -0.0106. The summed E-state index contributed by atoms with van der Waals surface area (Å²) in [7, 11) is 0. The first-order chi connectivity index (χ1) is 15.2. The van der Waals surface area contributed by atoms with Crippen LogP contribution in [0.25, 0.3) is 11.4 Å². The summed E-state index contributed by atoms with van der Waals surface area (Å²) in [5.41, 5.74) is 2.05. The minimum Gasteiger partial charge on any atom is -0.494 e. The number of nitrogens with one attached hydrogen (secondary N) is 1. The molecule has 0 spiro atoms. The van der Waals surface area contributed by atoms with E-state index in [1.54, 1.807) is 0 Å². The molecule has 2 aromatic carbocycles. The Morgan fingerprint density at radius 3 is 2.58 bits per heavy atom. The number of amides is 1. The summed E-state index contributed by atoms with van der Waals surface area (Å²) in [6, 6.07) is 17.8. The molecule has 0 atom stereocenters. The van der Waals surface area contributed by atoms with Gasteiger partial charge in [0, 0.05) is 43.7 Å². The van der Waals surface area contributed by atoms with Crippen LogP contribution in [-0.2, 0) is 11.2 Å². The number of ether oxygens (including phenoxy) is 1. The Morgan fingerprint density at radius 1 is 1.10 bits per heavy atom. The van der Waals surface area contributed by atoms with Crippen LogP contribution < -0.4 is 15.0 Å². The van der Waals surface area contributed by atoms with Crippen LogP contribution in [0.2, 0.25) is 0 Å². The van der Waals surface area contributed by atoms with Crippen molar-refractivity contribution < 1.29 is 14.1 Å². The number of aromatic nitrogens is 2. The second-order valence-electron chi connectivity index (χ2n) is 7.09. The fourth-order valence-corrected chi connectivity index (χ4v) is 3.26. The predicted octanol–water partition coefficient (Wildman–Crippen LogP) is 4.10. The molecule has 1 N–H and O–H groups in total. The van der Waals surface area contributed by atoms with Gasteiger partial charge in [-0.25, -0.2) is 0 Å². The molecule has 0 radical (unpaired) electrons. The molecule has 7 heteroatoms. The van der Waals surface area contributed by atoms with E-state index in [0.717, 1.165) is 30.8 Å². The number of aryl methyl sites for hydroxylation is 1. The minimum absolute atomic E-state index is 0.0106. The fraction of sp³-hybridized carbons (Fsp3) is 0.375. The number of carbonyl (C=O) groups is 1. The van der Waals surface area contributed by atoms with Gasteiger partial charge in [0.25, 0.3) is 0 Å². The normalized spacial score (nSPS) is 10.6. The van der Waals surface area contributed by atoms with Gasteiger partial charge in [0.2, 0.25) is 17.6 Å². The molecule has 1 heterocycles. The Bertz CT molecular complexity index is 926. The van der Waals surface area contributed by atoms with E-state index in [-0.39, 0.29) is 5.91 Å². The van der Waals surface area contributed by atoms with E-state index in [0.29, 0.717) is 37.7 Å². The fourth-order valence-electron chi connectivity index (χ4n) is 3.26. The van der Waals surface area contributed by atoms with Gasteiger partial charge in [0.05, 0.1) is 6.61 Å². The molecular weight excluding hydrogens is 392 g/mol. The molecule has 0 saturated heterocycles. The van der Waals surface area contributed by atoms with Crippen LogP contribution >= 0.6 is 0 Å². The third kappa shape index (κ3) is 6.84. The van der Waals surface area contributed by atoms with Gasteiger partial charge < -0.3 is 19.5 Å². The summed E-state index contributed by atoms with van der Waals surface area (Å²) >= 11 is 0. The Hall–Kier alpha value is -3.35. The smallest absolute Gasteiger partial charge is 0.227 e. The van der Waals surface area contributed by atoms with Crippen molar-refractivity contribution in [3.05, 3.63) is 60.5 Å². The standard InChI is InChI=1S/C24H30N4O3/c1-3-28(20-9-6-5-7-10-20)18-8-17-25-22(29)15-16-23-26-24(27-31-23)19-11-13-21(14-12-19)30-4-2/h5-7,9-14H,3-4,8,15-18H2,1-2H3,(H,25,29). The first-order valence-electron chi connectivity index (χ1n) is 10.8. The lowest BCUT2D eigenvalue weighted by molar-refractivity contribution is -0.121. The van der Waals surface area contributed by atoms with Crippen LogP contribution in [0.1, 0.15) is 32.6 Å².